The number of hydrogen-bond donors (Lipinski definition) is 1. The lowest BCUT2D eigenvalue weighted by Crippen LogP contribution is -2.28. The summed E-state index contributed by atoms with van der Waals surface area (Å²) in [6, 6.07) is 0. The second-order valence-corrected chi connectivity index (χ2v) is 3.20. The third kappa shape index (κ3) is 1.64. The van der Waals surface area contributed by atoms with Crippen molar-refractivity contribution in [3.63, 3.8) is 0 Å². The van der Waals surface area contributed by atoms with Crippen molar-refractivity contribution in [2.75, 3.05) is 13.6 Å². The van der Waals surface area contributed by atoms with Gasteiger partial charge in [0.05, 0.1) is 0 Å². The Morgan fingerprint density at radius 3 is 2.92 bits per heavy atom. The molecule has 4 nitrogen and oxygen atoms in total. The van der Waals surface area contributed by atoms with Crippen LogP contribution in [-0.4, -0.2) is 35.5 Å². The maximum atomic E-state index is 11.3. The van der Waals surface area contributed by atoms with Crippen LogP contribution in [0.5, 0.6) is 0 Å². The van der Waals surface area contributed by atoms with Crippen LogP contribution in [0.1, 0.15) is 6.42 Å². The molecule has 0 saturated carbocycles. The molecule has 0 aromatic carbocycles. The summed E-state index contributed by atoms with van der Waals surface area (Å²) >= 11 is 0. The molecule has 1 amide bonds. The Bertz CT molecular complexity index is 279. The van der Waals surface area contributed by atoms with Crippen LogP contribution in [0.4, 0.5) is 0 Å². The number of carbonyl (C=O) groups excluding carboxylic acids is 1. The topological polar surface area (TPSA) is 57.6 Å². The summed E-state index contributed by atoms with van der Waals surface area (Å²) in [5, 5.41) is 8.78. The normalized spacial score (nSPS) is 27.4. The van der Waals surface area contributed by atoms with Crippen LogP contribution in [-0.2, 0) is 9.59 Å². The minimum Gasteiger partial charge on any atom is -0.481 e. The van der Waals surface area contributed by atoms with Gasteiger partial charge in [-0.15, -0.1) is 12.3 Å². The molecule has 70 valence electrons. The fourth-order valence-electron chi connectivity index (χ4n) is 1.63. The van der Waals surface area contributed by atoms with Gasteiger partial charge in [0.15, 0.2) is 0 Å². The largest absolute Gasteiger partial charge is 0.481 e. The number of carboxylic acid groups (broad SMARTS) is 1. The highest BCUT2D eigenvalue weighted by atomic mass is 16.4. The van der Waals surface area contributed by atoms with E-state index in [2.05, 4.69) is 5.92 Å². The zero-order valence-electron chi connectivity index (χ0n) is 7.36. The van der Waals surface area contributed by atoms with Crippen LogP contribution in [0.2, 0.25) is 0 Å². The summed E-state index contributed by atoms with van der Waals surface area (Å²) in [4.78, 5) is 23.5. The Kier molecular flexibility index (Phi) is 2.57. The number of rotatable bonds is 2. The van der Waals surface area contributed by atoms with Gasteiger partial charge in [-0.25, -0.2) is 0 Å². The predicted octanol–water partition coefficient (Wildman–Crippen LogP) is -0.201. The lowest BCUT2D eigenvalue weighted by molar-refractivity contribution is -0.148. The molecule has 2 atom stereocenters. The Balaban J connectivity index is 2.82. The third-order valence-electron chi connectivity index (χ3n) is 2.27. The number of aliphatic carboxylic acids is 1. The Morgan fingerprint density at radius 1 is 1.85 bits per heavy atom. The van der Waals surface area contributed by atoms with E-state index in [1.54, 1.807) is 7.05 Å². The molecule has 0 aromatic heterocycles. The molecule has 0 aromatic rings. The third-order valence-corrected chi connectivity index (χ3v) is 2.27. The van der Waals surface area contributed by atoms with Gasteiger partial charge in [0.2, 0.25) is 5.91 Å². The molecule has 4 heteroatoms. The lowest BCUT2D eigenvalue weighted by Gasteiger charge is -2.07. The van der Waals surface area contributed by atoms with E-state index in [-0.39, 0.29) is 11.8 Å². The van der Waals surface area contributed by atoms with Crippen molar-refractivity contribution in [1.29, 1.82) is 0 Å². The van der Waals surface area contributed by atoms with Crippen LogP contribution in [0.3, 0.4) is 0 Å². The fourth-order valence-corrected chi connectivity index (χ4v) is 1.63. The van der Waals surface area contributed by atoms with Crippen molar-refractivity contribution < 1.29 is 14.7 Å². The summed E-state index contributed by atoms with van der Waals surface area (Å²) in [6.07, 6.45) is 5.43. The monoisotopic (exact) mass is 181 g/mol. The predicted molar refractivity (Wildman–Crippen MR) is 45.7 cm³/mol. The van der Waals surface area contributed by atoms with E-state index in [0.29, 0.717) is 13.0 Å². The first kappa shape index (κ1) is 9.59. The Morgan fingerprint density at radius 2 is 2.46 bits per heavy atom. The number of nitrogens with zero attached hydrogens (tertiary/aromatic N) is 1. The van der Waals surface area contributed by atoms with Gasteiger partial charge in [0, 0.05) is 25.9 Å². The van der Waals surface area contributed by atoms with E-state index in [1.807, 2.05) is 0 Å². The zero-order chi connectivity index (χ0) is 10.0. The van der Waals surface area contributed by atoms with Crippen molar-refractivity contribution >= 4 is 11.9 Å². The van der Waals surface area contributed by atoms with Gasteiger partial charge >= 0.3 is 5.97 Å². The van der Waals surface area contributed by atoms with Gasteiger partial charge < -0.3 is 10.0 Å². The first-order chi connectivity index (χ1) is 6.07. The summed E-state index contributed by atoms with van der Waals surface area (Å²) in [7, 11) is 1.59. The van der Waals surface area contributed by atoms with E-state index < -0.39 is 11.9 Å². The smallest absolute Gasteiger partial charge is 0.316 e. The van der Waals surface area contributed by atoms with Crippen LogP contribution in [0.15, 0.2) is 0 Å². The second-order valence-electron chi connectivity index (χ2n) is 3.20. The average molecular weight is 181 g/mol. The Labute approximate surface area is 76.5 Å². The molecule has 1 fully saturated rings. The van der Waals surface area contributed by atoms with E-state index in [9.17, 15) is 9.59 Å². The van der Waals surface area contributed by atoms with E-state index in [0.717, 1.165) is 0 Å². The summed E-state index contributed by atoms with van der Waals surface area (Å²) in [5.41, 5.74) is 0. The number of amides is 1. The standard InChI is InChI=1S/C9H11NO3/c1-3-4-6-5-10(2)8(11)7(6)9(12)13/h1,6-7H,4-5H2,2H3,(H,12,13)/t6?,7-/m0/s1. The summed E-state index contributed by atoms with van der Waals surface area (Å²) < 4.78 is 0. The molecule has 1 rings (SSSR count). The molecule has 1 N–H and O–H groups in total. The molecular formula is C9H11NO3. The fraction of sp³-hybridized carbons (Fsp3) is 0.556. The highest BCUT2D eigenvalue weighted by Crippen LogP contribution is 2.26. The van der Waals surface area contributed by atoms with E-state index >= 15 is 0 Å². The number of likely N-dealkylation sites (tertiary alicyclic amines) is 1. The molecule has 1 aliphatic rings. The molecule has 0 bridgehead atoms. The van der Waals surface area contributed by atoms with Crippen molar-refractivity contribution in [3.05, 3.63) is 0 Å². The van der Waals surface area contributed by atoms with Crippen molar-refractivity contribution in [3.8, 4) is 12.3 Å². The lowest BCUT2D eigenvalue weighted by atomic mass is 9.93. The highest BCUT2D eigenvalue weighted by Gasteiger charge is 2.42. The first-order valence-corrected chi connectivity index (χ1v) is 3.99. The molecule has 0 radical (unpaired) electrons. The number of hydrogen-bond acceptors (Lipinski definition) is 2. The minimum atomic E-state index is -1.07. The molecule has 0 aliphatic carbocycles. The molecular weight excluding hydrogens is 170 g/mol. The first-order valence-electron chi connectivity index (χ1n) is 3.99. The quantitative estimate of drug-likeness (QED) is 0.474. The van der Waals surface area contributed by atoms with Gasteiger partial charge in [-0.2, -0.15) is 0 Å². The van der Waals surface area contributed by atoms with Gasteiger partial charge in [0.1, 0.15) is 5.92 Å². The van der Waals surface area contributed by atoms with Gasteiger partial charge in [-0.3, -0.25) is 9.59 Å². The molecule has 0 spiro atoms. The van der Waals surface area contributed by atoms with Crippen LogP contribution < -0.4 is 0 Å². The average Bonchev–Trinajstić information content (AvgIpc) is 2.28. The molecule has 1 aliphatic heterocycles. The Hall–Kier alpha value is -1.50. The number of carboxylic acids is 1. The van der Waals surface area contributed by atoms with Gasteiger partial charge in [-0.05, 0) is 0 Å². The maximum Gasteiger partial charge on any atom is 0.316 e. The van der Waals surface area contributed by atoms with Gasteiger partial charge in [0.25, 0.3) is 0 Å². The van der Waals surface area contributed by atoms with Crippen LogP contribution in [0.25, 0.3) is 0 Å². The zero-order valence-corrected chi connectivity index (χ0v) is 7.36. The van der Waals surface area contributed by atoms with Crippen molar-refractivity contribution in [2.45, 2.75) is 6.42 Å². The molecule has 1 heterocycles. The van der Waals surface area contributed by atoms with E-state index in [4.69, 9.17) is 11.5 Å². The second kappa shape index (κ2) is 3.48. The van der Waals surface area contributed by atoms with Gasteiger partial charge in [-0.1, -0.05) is 0 Å². The van der Waals surface area contributed by atoms with Crippen LogP contribution in [0, 0.1) is 24.2 Å². The SMILES string of the molecule is C#CCC1CN(C)C(=O)[C@H]1C(=O)O. The highest BCUT2D eigenvalue weighted by molar-refractivity contribution is 5.98. The minimum absolute atomic E-state index is 0.236. The molecule has 1 saturated heterocycles. The molecule has 13 heavy (non-hydrogen) atoms. The maximum absolute atomic E-state index is 11.3. The van der Waals surface area contributed by atoms with Crippen molar-refractivity contribution in [2.24, 2.45) is 11.8 Å². The number of carbonyl (C=O) groups is 2. The number of terminal acetylenes is 1. The molecule has 1 unspecified atom stereocenters. The van der Waals surface area contributed by atoms with E-state index in [1.165, 1.54) is 4.90 Å². The summed E-state index contributed by atoms with van der Waals surface area (Å²) in [5.74, 6) is -0.201. The summed E-state index contributed by atoms with van der Waals surface area (Å²) in [6.45, 7) is 0.444. The van der Waals surface area contributed by atoms with Crippen LogP contribution >= 0.6 is 0 Å². The van der Waals surface area contributed by atoms with Crippen molar-refractivity contribution in [1.82, 2.24) is 4.90 Å².